The Morgan fingerprint density at radius 3 is 2.52 bits per heavy atom. The minimum absolute atomic E-state index is 0.0387. The van der Waals surface area contributed by atoms with Crippen LogP contribution in [0.2, 0.25) is 0 Å². The topological polar surface area (TPSA) is 78.5 Å². The lowest BCUT2D eigenvalue weighted by Gasteiger charge is -2.18. The SMILES string of the molecule is CC(=O)Nc1ccc(NC(=O)[C@@H]2CC(=O)N(c3cccc(C(C)C)c3)C2)cc1C. The largest absolute Gasteiger partial charge is 0.326 e. The molecule has 2 aromatic rings. The fourth-order valence-corrected chi connectivity index (χ4v) is 3.50. The third-order valence-electron chi connectivity index (χ3n) is 5.15. The minimum atomic E-state index is -0.402. The summed E-state index contributed by atoms with van der Waals surface area (Å²) in [7, 11) is 0. The minimum Gasteiger partial charge on any atom is -0.326 e. The molecule has 1 heterocycles. The van der Waals surface area contributed by atoms with Gasteiger partial charge in [0.1, 0.15) is 0 Å². The Kier molecular flexibility index (Phi) is 6.01. The zero-order chi connectivity index (χ0) is 21.1. The van der Waals surface area contributed by atoms with Crippen molar-refractivity contribution >= 4 is 34.8 Å². The van der Waals surface area contributed by atoms with Gasteiger partial charge < -0.3 is 15.5 Å². The molecule has 0 spiro atoms. The van der Waals surface area contributed by atoms with Gasteiger partial charge in [0.05, 0.1) is 5.92 Å². The standard InChI is InChI=1S/C23H27N3O3/c1-14(2)17-6-5-7-20(11-17)26-13-18(12-22(26)28)23(29)25-19-8-9-21(15(3)10-19)24-16(4)27/h5-11,14,18H,12-13H2,1-4H3,(H,24,27)(H,25,29)/t18-/m1/s1. The average Bonchev–Trinajstić information content (AvgIpc) is 3.05. The summed E-state index contributed by atoms with van der Waals surface area (Å²) in [5.74, 6) is -0.386. The number of hydrogen-bond acceptors (Lipinski definition) is 3. The molecule has 0 aliphatic carbocycles. The summed E-state index contributed by atoms with van der Waals surface area (Å²) in [5.41, 5.74) is 4.22. The molecule has 3 amide bonds. The highest BCUT2D eigenvalue weighted by Crippen LogP contribution is 2.29. The maximum Gasteiger partial charge on any atom is 0.229 e. The van der Waals surface area contributed by atoms with E-state index in [2.05, 4.69) is 24.5 Å². The first kappa shape index (κ1) is 20.6. The highest BCUT2D eigenvalue weighted by Gasteiger charge is 2.35. The Bertz CT molecular complexity index is 952. The number of nitrogens with one attached hydrogen (secondary N) is 2. The molecule has 2 N–H and O–H groups in total. The monoisotopic (exact) mass is 393 g/mol. The van der Waals surface area contributed by atoms with E-state index in [4.69, 9.17) is 0 Å². The predicted octanol–water partition coefficient (Wildman–Crippen LogP) is 4.07. The number of carbonyl (C=O) groups excluding carboxylic acids is 3. The van der Waals surface area contributed by atoms with E-state index in [9.17, 15) is 14.4 Å². The number of rotatable bonds is 5. The number of hydrogen-bond donors (Lipinski definition) is 2. The van der Waals surface area contributed by atoms with Crippen molar-refractivity contribution < 1.29 is 14.4 Å². The summed E-state index contributed by atoms with van der Waals surface area (Å²) in [6, 6.07) is 13.2. The molecular weight excluding hydrogens is 366 g/mol. The molecule has 3 rings (SSSR count). The number of aryl methyl sites for hydroxylation is 1. The highest BCUT2D eigenvalue weighted by molar-refractivity contribution is 6.03. The lowest BCUT2D eigenvalue weighted by Crippen LogP contribution is -2.28. The molecule has 0 unspecified atom stereocenters. The Morgan fingerprint density at radius 2 is 1.86 bits per heavy atom. The normalized spacial score (nSPS) is 16.2. The summed E-state index contributed by atoms with van der Waals surface area (Å²) in [4.78, 5) is 38.2. The number of benzene rings is 2. The van der Waals surface area contributed by atoms with E-state index in [1.807, 2.05) is 37.3 Å². The van der Waals surface area contributed by atoms with Crippen LogP contribution < -0.4 is 15.5 Å². The van der Waals surface area contributed by atoms with Gasteiger partial charge in [0.15, 0.2) is 0 Å². The van der Waals surface area contributed by atoms with Crippen molar-refractivity contribution in [1.82, 2.24) is 0 Å². The molecule has 152 valence electrons. The number of carbonyl (C=O) groups is 3. The second-order valence-corrected chi connectivity index (χ2v) is 7.86. The lowest BCUT2D eigenvalue weighted by atomic mass is 10.0. The van der Waals surface area contributed by atoms with E-state index < -0.39 is 5.92 Å². The van der Waals surface area contributed by atoms with Crippen LogP contribution in [0.5, 0.6) is 0 Å². The number of nitrogens with zero attached hydrogens (tertiary/aromatic N) is 1. The summed E-state index contributed by atoms with van der Waals surface area (Å²) < 4.78 is 0. The van der Waals surface area contributed by atoms with Crippen molar-refractivity contribution in [2.75, 3.05) is 22.1 Å². The second kappa shape index (κ2) is 8.47. The Labute approximate surface area is 171 Å². The van der Waals surface area contributed by atoms with Crippen LogP contribution in [-0.4, -0.2) is 24.3 Å². The van der Waals surface area contributed by atoms with Crippen LogP contribution in [0.15, 0.2) is 42.5 Å². The van der Waals surface area contributed by atoms with E-state index in [0.29, 0.717) is 23.8 Å². The van der Waals surface area contributed by atoms with Crippen LogP contribution in [0.3, 0.4) is 0 Å². The van der Waals surface area contributed by atoms with Gasteiger partial charge in [0.25, 0.3) is 0 Å². The van der Waals surface area contributed by atoms with Crippen molar-refractivity contribution in [2.24, 2.45) is 5.92 Å². The van der Waals surface area contributed by atoms with Crippen molar-refractivity contribution in [2.45, 2.75) is 40.0 Å². The summed E-state index contributed by atoms with van der Waals surface area (Å²) >= 11 is 0. The number of amides is 3. The molecule has 0 bridgehead atoms. The van der Waals surface area contributed by atoms with E-state index in [-0.39, 0.29) is 24.1 Å². The second-order valence-electron chi connectivity index (χ2n) is 7.86. The molecule has 0 radical (unpaired) electrons. The molecule has 29 heavy (non-hydrogen) atoms. The molecule has 1 fully saturated rings. The fourth-order valence-electron chi connectivity index (χ4n) is 3.50. The van der Waals surface area contributed by atoms with Crippen LogP contribution in [0, 0.1) is 12.8 Å². The van der Waals surface area contributed by atoms with Gasteiger partial charge in [-0.25, -0.2) is 0 Å². The van der Waals surface area contributed by atoms with Crippen molar-refractivity contribution in [3.8, 4) is 0 Å². The van der Waals surface area contributed by atoms with Crippen molar-refractivity contribution in [3.63, 3.8) is 0 Å². The molecule has 0 aromatic heterocycles. The molecule has 6 nitrogen and oxygen atoms in total. The molecule has 6 heteroatoms. The Morgan fingerprint density at radius 1 is 1.10 bits per heavy atom. The van der Waals surface area contributed by atoms with E-state index >= 15 is 0 Å². The highest BCUT2D eigenvalue weighted by atomic mass is 16.2. The van der Waals surface area contributed by atoms with Crippen LogP contribution >= 0.6 is 0 Å². The van der Waals surface area contributed by atoms with Crippen molar-refractivity contribution in [1.29, 1.82) is 0 Å². The molecule has 1 saturated heterocycles. The molecular formula is C23H27N3O3. The van der Waals surface area contributed by atoms with Crippen LogP contribution in [-0.2, 0) is 14.4 Å². The number of anilines is 3. The summed E-state index contributed by atoms with van der Waals surface area (Å²) in [5, 5.41) is 5.64. The molecule has 2 aromatic carbocycles. The molecule has 0 saturated carbocycles. The van der Waals surface area contributed by atoms with Crippen LogP contribution in [0.25, 0.3) is 0 Å². The van der Waals surface area contributed by atoms with E-state index in [1.54, 1.807) is 17.0 Å². The van der Waals surface area contributed by atoms with Crippen LogP contribution in [0.1, 0.15) is 44.2 Å². The van der Waals surface area contributed by atoms with E-state index in [0.717, 1.165) is 16.8 Å². The van der Waals surface area contributed by atoms with Gasteiger partial charge in [-0.2, -0.15) is 0 Å². The van der Waals surface area contributed by atoms with Gasteiger partial charge in [-0.05, 0) is 54.3 Å². The zero-order valence-corrected chi connectivity index (χ0v) is 17.3. The summed E-state index contributed by atoms with van der Waals surface area (Å²) in [6.07, 6.45) is 0.195. The smallest absolute Gasteiger partial charge is 0.229 e. The summed E-state index contributed by atoms with van der Waals surface area (Å²) in [6.45, 7) is 7.91. The third-order valence-corrected chi connectivity index (χ3v) is 5.15. The zero-order valence-electron chi connectivity index (χ0n) is 17.3. The molecule has 1 aliphatic heterocycles. The van der Waals surface area contributed by atoms with Crippen molar-refractivity contribution in [3.05, 3.63) is 53.6 Å². The van der Waals surface area contributed by atoms with Gasteiger partial charge in [-0.1, -0.05) is 26.0 Å². The fraction of sp³-hybridized carbons (Fsp3) is 0.348. The maximum atomic E-state index is 12.7. The van der Waals surface area contributed by atoms with Gasteiger partial charge in [0, 0.05) is 37.0 Å². The van der Waals surface area contributed by atoms with Crippen LogP contribution in [0.4, 0.5) is 17.1 Å². The first-order chi connectivity index (χ1) is 13.7. The Hall–Kier alpha value is -3.15. The van der Waals surface area contributed by atoms with Gasteiger partial charge in [-0.15, -0.1) is 0 Å². The van der Waals surface area contributed by atoms with Gasteiger partial charge in [-0.3, -0.25) is 14.4 Å². The van der Waals surface area contributed by atoms with Gasteiger partial charge in [0.2, 0.25) is 17.7 Å². The quantitative estimate of drug-likeness (QED) is 0.804. The van der Waals surface area contributed by atoms with Gasteiger partial charge >= 0.3 is 0 Å². The van der Waals surface area contributed by atoms with E-state index in [1.165, 1.54) is 6.92 Å². The maximum absolute atomic E-state index is 12.7. The Balaban J connectivity index is 1.68. The average molecular weight is 393 g/mol. The molecule has 1 aliphatic rings. The lowest BCUT2D eigenvalue weighted by molar-refractivity contribution is -0.122. The first-order valence-electron chi connectivity index (χ1n) is 9.84. The first-order valence-corrected chi connectivity index (χ1v) is 9.84. The third kappa shape index (κ3) is 4.83. The molecule has 1 atom stereocenters. The predicted molar refractivity (Wildman–Crippen MR) is 115 cm³/mol.